The zero-order chi connectivity index (χ0) is 9.95. The summed E-state index contributed by atoms with van der Waals surface area (Å²) in [6.07, 6.45) is 7.53. The highest BCUT2D eigenvalue weighted by Gasteiger charge is 2.42. The van der Waals surface area contributed by atoms with Crippen LogP contribution < -0.4 is 0 Å². The van der Waals surface area contributed by atoms with E-state index in [4.69, 9.17) is 0 Å². The van der Waals surface area contributed by atoms with Crippen molar-refractivity contribution in [1.29, 1.82) is 0 Å². The van der Waals surface area contributed by atoms with Gasteiger partial charge in [-0.05, 0) is 18.3 Å². The minimum Gasteiger partial charge on any atom is -0.211 e. The Labute approximate surface area is 80.4 Å². The molecule has 0 spiro atoms. The molecule has 0 radical (unpaired) electrons. The van der Waals surface area contributed by atoms with Gasteiger partial charge in [0, 0.05) is 0 Å². The van der Waals surface area contributed by atoms with Gasteiger partial charge in [0.05, 0.1) is 5.54 Å². The fourth-order valence-corrected chi connectivity index (χ4v) is 2.25. The maximum Gasteiger partial charge on any atom is 0.235 e. The number of rotatable bonds is 1. The molecule has 13 heavy (non-hydrogen) atoms. The van der Waals surface area contributed by atoms with Gasteiger partial charge in [-0.25, -0.2) is 4.79 Å². The van der Waals surface area contributed by atoms with E-state index in [0.717, 1.165) is 12.8 Å². The molecule has 0 unspecified atom stereocenters. The van der Waals surface area contributed by atoms with Gasteiger partial charge in [0.15, 0.2) is 0 Å². The Morgan fingerprint density at radius 2 is 1.69 bits per heavy atom. The highest BCUT2D eigenvalue weighted by Crippen LogP contribution is 2.44. The standard InChI is InChI=1S/C11H19NO/c1-10(2,3)11(12-9-13)7-5-4-6-8-11/h4-8H2,1-3H3. The lowest BCUT2D eigenvalue weighted by Crippen LogP contribution is -2.42. The number of hydrogen-bond acceptors (Lipinski definition) is 2. The summed E-state index contributed by atoms with van der Waals surface area (Å²) in [7, 11) is 0. The molecule has 2 heteroatoms. The van der Waals surface area contributed by atoms with Crippen molar-refractivity contribution in [3.8, 4) is 0 Å². The Hall–Kier alpha value is -0.620. The zero-order valence-corrected chi connectivity index (χ0v) is 8.89. The molecule has 0 bridgehead atoms. The number of nitrogens with zero attached hydrogens (tertiary/aromatic N) is 1. The van der Waals surface area contributed by atoms with E-state index in [1.807, 2.05) is 0 Å². The highest BCUT2D eigenvalue weighted by atomic mass is 16.1. The van der Waals surface area contributed by atoms with Gasteiger partial charge in [-0.1, -0.05) is 40.0 Å². The molecule has 1 fully saturated rings. The van der Waals surface area contributed by atoms with Crippen LogP contribution in [0.1, 0.15) is 52.9 Å². The first-order chi connectivity index (χ1) is 6.02. The third kappa shape index (κ3) is 2.00. The lowest BCUT2D eigenvalue weighted by molar-refractivity contribution is 0.135. The number of hydrogen-bond donors (Lipinski definition) is 0. The van der Waals surface area contributed by atoms with Gasteiger partial charge in [-0.3, -0.25) is 0 Å². The molecule has 0 aromatic carbocycles. The number of carbonyl (C=O) groups excluding carboxylic acids is 1. The van der Waals surface area contributed by atoms with Crippen molar-refractivity contribution in [3.05, 3.63) is 0 Å². The van der Waals surface area contributed by atoms with Crippen LogP contribution in [0.2, 0.25) is 0 Å². The summed E-state index contributed by atoms with van der Waals surface area (Å²) in [4.78, 5) is 14.5. The van der Waals surface area contributed by atoms with E-state index in [1.165, 1.54) is 19.3 Å². The molecule has 0 aromatic heterocycles. The van der Waals surface area contributed by atoms with Crippen molar-refractivity contribution in [2.75, 3.05) is 0 Å². The SMILES string of the molecule is CC(C)(C)C1(N=C=O)CCCCC1. The monoisotopic (exact) mass is 181 g/mol. The van der Waals surface area contributed by atoms with Crippen molar-refractivity contribution in [3.63, 3.8) is 0 Å². The fourth-order valence-electron chi connectivity index (χ4n) is 2.25. The van der Waals surface area contributed by atoms with Gasteiger partial charge in [0.1, 0.15) is 0 Å². The molecule has 1 aliphatic carbocycles. The third-order valence-corrected chi connectivity index (χ3v) is 3.34. The normalized spacial score (nSPS) is 22.1. The first-order valence-electron chi connectivity index (χ1n) is 5.11. The van der Waals surface area contributed by atoms with Crippen LogP contribution in [0, 0.1) is 5.41 Å². The van der Waals surface area contributed by atoms with E-state index in [9.17, 15) is 4.79 Å². The molecule has 0 heterocycles. The lowest BCUT2D eigenvalue weighted by Gasteiger charge is -2.43. The maximum atomic E-state index is 10.4. The largest absolute Gasteiger partial charge is 0.235 e. The molecule has 0 aromatic rings. The van der Waals surface area contributed by atoms with Crippen LogP contribution in [-0.2, 0) is 4.79 Å². The van der Waals surface area contributed by atoms with E-state index < -0.39 is 0 Å². The number of aliphatic imine (C=N–C) groups is 1. The molecule has 0 N–H and O–H groups in total. The molecule has 0 saturated heterocycles. The molecule has 0 aliphatic heterocycles. The predicted octanol–water partition coefficient (Wildman–Crippen LogP) is 3.07. The second kappa shape index (κ2) is 3.63. The van der Waals surface area contributed by atoms with Crippen molar-refractivity contribution in [1.82, 2.24) is 0 Å². The van der Waals surface area contributed by atoms with Gasteiger partial charge < -0.3 is 0 Å². The summed E-state index contributed by atoms with van der Waals surface area (Å²) in [6, 6.07) is 0. The first-order valence-corrected chi connectivity index (χ1v) is 5.11. The summed E-state index contributed by atoms with van der Waals surface area (Å²) in [5.41, 5.74) is -0.0438. The second-order valence-corrected chi connectivity index (χ2v) is 5.05. The van der Waals surface area contributed by atoms with Crippen LogP contribution in [0.25, 0.3) is 0 Å². The van der Waals surface area contributed by atoms with Crippen molar-refractivity contribution in [2.45, 2.75) is 58.4 Å². The molecule has 74 valence electrons. The summed E-state index contributed by atoms with van der Waals surface area (Å²) in [5.74, 6) is 0. The Morgan fingerprint density at radius 3 is 2.08 bits per heavy atom. The second-order valence-electron chi connectivity index (χ2n) is 5.05. The Morgan fingerprint density at radius 1 is 1.15 bits per heavy atom. The maximum absolute atomic E-state index is 10.4. The molecule has 1 saturated carbocycles. The molecular formula is C11H19NO. The van der Waals surface area contributed by atoms with Crippen molar-refractivity contribution < 1.29 is 4.79 Å². The Bertz CT molecular complexity index is 215. The van der Waals surface area contributed by atoms with Crippen LogP contribution in [0.5, 0.6) is 0 Å². The summed E-state index contributed by atoms with van der Waals surface area (Å²) in [5, 5.41) is 0. The predicted molar refractivity (Wildman–Crippen MR) is 53.4 cm³/mol. The minimum atomic E-state index is -0.132. The zero-order valence-electron chi connectivity index (χ0n) is 8.89. The Balaban J connectivity index is 2.92. The molecule has 0 amide bonds. The van der Waals surface area contributed by atoms with E-state index in [1.54, 1.807) is 6.08 Å². The minimum absolute atomic E-state index is 0.0881. The van der Waals surface area contributed by atoms with Crippen LogP contribution in [0.4, 0.5) is 0 Å². The summed E-state index contributed by atoms with van der Waals surface area (Å²) < 4.78 is 0. The molecular weight excluding hydrogens is 162 g/mol. The van der Waals surface area contributed by atoms with Crippen molar-refractivity contribution in [2.24, 2.45) is 10.4 Å². The quantitative estimate of drug-likeness (QED) is 0.451. The third-order valence-electron chi connectivity index (χ3n) is 3.34. The highest BCUT2D eigenvalue weighted by molar-refractivity contribution is 5.35. The first kappa shape index (κ1) is 10.5. The van der Waals surface area contributed by atoms with Crippen LogP contribution in [0.3, 0.4) is 0 Å². The average Bonchev–Trinajstić information content (AvgIpc) is 2.04. The molecule has 0 atom stereocenters. The van der Waals surface area contributed by atoms with Gasteiger partial charge >= 0.3 is 0 Å². The van der Waals surface area contributed by atoms with E-state index in [2.05, 4.69) is 25.8 Å². The Kier molecular flexibility index (Phi) is 2.92. The van der Waals surface area contributed by atoms with Crippen LogP contribution >= 0.6 is 0 Å². The molecule has 2 nitrogen and oxygen atoms in total. The molecule has 1 aliphatic rings. The van der Waals surface area contributed by atoms with Crippen molar-refractivity contribution >= 4 is 6.08 Å². The average molecular weight is 181 g/mol. The topological polar surface area (TPSA) is 29.4 Å². The molecule has 1 rings (SSSR count). The summed E-state index contributed by atoms with van der Waals surface area (Å²) in [6.45, 7) is 6.50. The van der Waals surface area contributed by atoms with Crippen LogP contribution in [0.15, 0.2) is 4.99 Å². The van der Waals surface area contributed by atoms with E-state index in [-0.39, 0.29) is 11.0 Å². The van der Waals surface area contributed by atoms with Gasteiger partial charge in [0.25, 0.3) is 0 Å². The fraction of sp³-hybridized carbons (Fsp3) is 0.909. The van der Waals surface area contributed by atoms with E-state index in [0.29, 0.717) is 0 Å². The van der Waals surface area contributed by atoms with E-state index >= 15 is 0 Å². The summed E-state index contributed by atoms with van der Waals surface area (Å²) >= 11 is 0. The van der Waals surface area contributed by atoms with Crippen LogP contribution in [-0.4, -0.2) is 11.6 Å². The van der Waals surface area contributed by atoms with Gasteiger partial charge in [-0.2, -0.15) is 4.99 Å². The lowest BCUT2D eigenvalue weighted by atomic mass is 9.66. The van der Waals surface area contributed by atoms with Gasteiger partial charge in [0.2, 0.25) is 6.08 Å². The van der Waals surface area contributed by atoms with Gasteiger partial charge in [-0.15, -0.1) is 0 Å². The number of isocyanates is 1. The smallest absolute Gasteiger partial charge is 0.211 e.